The summed E-state index contributed by atoms with van der Waals surface area (Å²) >= 11 is 0. The Balaban J connectivity index is 2.79. The number of rotatable bonds is 6. The van der Waals surface area contributed by atoms with Crippen LogP contribution >= 0.6 is 0 Å². The fraction of sp³-hybridized carbons (Fsp3) is 0.385. The van der Waals surface area contributed by atoms with Crippen LogP contribution in [0.25, 0.3) is 6.08 Å². The second-order valence-electron chi connectivity index (χ2n) is 4.10. The van der Waals surface area contributed by atoms with E-state index >= 15 is 0 Å². The highest BCUT2D eigenvalue weighted by Gasteiger charge is 2.29. The van der Waals surface area contributed by atoms with Crippen LogP contribution < -0.4 is 4.74 Å². The van der Waals surface area contributed by atoms with Gasteiger partial charge in [-0.1, -0.05) is 0 Å². The van der Waals surface area contributed by atoms with Gasteiger partial charge in [0.2, 0.25) is 11.5 Å². The fourth-order valence-electron chi connectivity index (χ4n) is 1.11. The summed E-state index contributed by atoms with van der Waals surface area (Å²) in [6.07, 6.45) is 4.88. The molecule has 18 heavy (non-hydrogen) atoms. The first kappa shape index (κ1) is 14.0. The topological polar surface area (TPSA) is 68.7 Å². The van der Waals surface area contributed by atoms with Crippen LogP contribution in [-0.4, -0.2) is 28.3 Å². The van der Waals surface area contributed by atoms with Gasteiger partial charge in [0, 0.05) is 12.3 Å². The molecule has 5 nitrogen and oxygen atoms in total. The van der Waals surface area contributed by atoms with Gasteiger partial charge in [0.25, 0.3) is 0 Å². The van der Waals surface area contributed by atoms with Crippen LogP contribution in [0.1, 0.15) is 26.3 Å². The van der Waals surface area contributed by atoms with Crippen LogP contribution in [0.2, 0.25) is 0 Å². The number of carboxylic acid groups (broad SMARTS) is 1. The minimum atomic E-state index is -1.31. The average molecular weight is 251 g/mol. The van der Waals surface area contributed by atoms with E-state index in [9.17, 15) is 4.79 Å². The van der Waals surface area contributed by atoms with Gasteiger partial charge in [0.1, 0.15) is 0 Å². The van der Waals surface area contributed by atoms with Crippen molar-refractivity contribution in [2.24, 2.45) is 0 Å². The predicted octanol–water partition coefficient (Wildman–Crippen LogP) is 2.33. The Kier molecular flexibility index (Phi) is 4.71. The highest BCUT2D eigenvalue weighted by molar-refractivity contribution is 5.76. The summed E-state index contributed by atoms with van der Waals surface area (Å²) in [5.74, 6) is -0.777. The molecular formula is C13H17NO4. The number of aliphatic carboxylic acids is 1. The molecule has 0 aliphatic rings. The molecule has 1 N–H and O–H groups in total. The quantitative estimate of drug-likeness (QED) is 0.786. The SMILES string of the molecule is CCO/C=C/c1ccnc(OC(C)(C)C(=O)O)c1. The molecule has 0 aliphatic carbocycles. The standard InChI is InChI=1S/C13H17NO4/c1-4-17-8-6-10-5-7-14-11(9-10)18-13(2,3)12(15)16/h5-9H,4H2,1-3H3,(H,15,16)/b8-6+. The normalized spacial score (nSPS) is 11.5. The lowest BCUT2D eigenvalue weighted by atomic mass is 10.1. The highest BCUT2D eigenvalue weighted by atomic mass is 16.5. The maximum Gasteiger partial charge on any atom is 0.347 e. The van der Waals surface area contributed by atoms with Crippen molar-refractivity contribution in [2.75, 3.05) is 6.61 Å². The first-order valence-electron chi connectivity index (χ1n) is 5.62. The molecule has 0 unspecified atom stereocenters. The van der Waals surface area contributed by atoms with Crippen LogP contribution in [0, 0.1) is 0 Å². The number of nitrogens with zero attached hydrogens (tertiary/aromatic N) is 1. The highest BCUT2D eigenvalue weighted by Crippen LogP contribution is 2.17. The predicted molar refractivity (Wildman–Crippen MR) is 67.2 cm³/mol. The number of hydrogen-bond acceptors (Lipinski definition) is 4. The van der Waals surface area contributed by atoms with Gasteiger partial charge in [-0.15, -0.1) is 0 Å². The van der Waals surface area contributed by atoms with E-state index in [-0.39, 0.29) is 5.88 Å². The zero-order valence-corrected chi connectivity index (χ0v) is 10.7. The summed E-state index contributed by atoms with van der Waals surface area (Å²) in [6.45, 7) is 5.43. The van der Waals surface area contributed by atoms with Crippen molar-refractivity contribution in [1.82, 2.24) is 4.98 Å². The van der Waals surface area contributed by atoms with Crippen LogP contribution in [0.3, 0.4) is 0 Å². The second kappa shape index (κ2) is 6.05. The van der Waals surface area contributed by atoms with Crippen molar-refractivity contribution in [2.45, 2.75) is 26.4 Å². The average Bonchev–Trinajstić information content (AvgIpc) is 2.29. The summed E-state index contributed by atoms with van der Waals surface area (Å²) in [5.41, 5.74) is -0.482. The molecule has 0 saturated carbocycles. The van der Waals surface area contributed by atoms with Gasteiger partial charge in [-0.3, -0.25) is 0 Å². The van der Waals surface area contributed by atoms with E-state index in [0.29, 0.717) is 6.61 Å². The molecule has 0 aromatic carbocycles. The Morgan fingerprint density at radius 3 is 2.89 bits per heavy atom. The van der Waals surface area contributed by atoms with Crippen LogP contribution in [-0.2, 0) is 9.53 Å². The minimum Gasteiger partial charge on any atom is -0.501 e. The van der Waals surface area contributed by atoms with Crippen molar-refractivity contribution in [3.8, 4) is 5.88 Å². The third kappa shape index (κ3) is 4.08. The zero-order valence-electron chi connectivity index (χ0n) is 10.7. The number of ether oxygens (including phenoxy) is 2. The number of carbonyl (C=O) groups is 1. The molecule has 0 amide bonds. The molecule has 0 spiro atoms. The monoisotopic (exact) mass is 251 g/mol. The Hall–Kier alpha value is -2.04. The van der Waals surface area contributed by atoms with Crippen molar-refractivity contribution < 1.29 is 19.4 Å². The van der Waals surface area contributed by atoms with Gasteiger partial charge >= 0.3 is 5.97 Å². The van der Waals surface area contributed by atoms with Gasteiger partial charge in [-0.05, 0) is 38.5 Å². The van der Waals surface area contributed by atoms with E-state index in [2.05, 4.69) is 4.98 Å². The minimum absolute atomic E-state index is 0.265. The van der Waals surface area contributed by atoms with Gasteiger partial charge in [-0.25, -0.2) is 9.78 Å². The lowest BCUT2D eigenvalue weighted by Crippen LogP contribution is -2.38. The number of aromatic nitrogens is 1. The summed E-state index contributed by atoms with van der Waals surface area (Å²) in [6, 6.07) is 3.43. The Labute approximate surface area is 106 Å². The first-order chi connectivity index (χ1) is 8.45. The molecule has 5 heteroatoms. The number of pyridine rings is 1. The third-order valence-corrected chi connectivity index (χ3v) is 2.16. The maximum absolute atomic E-state index is 10.9. The van der Waals surface area contributed by atoms with Crippen LogP contribution in [0.5, 0.6) is 5.88 Å². The van der Waals surface area contributed by atoms with Gasteiger partial charge in [0.05, 0.1) is 12.9 Å². The van der Waals surface area contributed by atoms with E-state index < -0.39 is 11.6 Å². The lowest BCUT2D eigenvalue weighted by Gasteiger charge is -2.20. The third-order valence-electron chi connectivity index (χ3n) is 2.16. The van der Waals surface area contributed by atoms with E-state index in [1.54, 1.807) is 30.7 Å². The molecule has 0 radical (unpaired) electrons. The van der Waals surface area contributed by atoms with E-state index in [0.717, 1.165) is 5.56 Å². The van der Waals surface area contributed by atoms with Gasteiger partial charge in [-0.2, -0.15) is 0 Å². The Bertz CT molecular complexity index is 440. The lowest BCUT2D eigenvalue weighted by molar-refractivity contribution is -0.152. The Morgan fingerprint density at radius 1 is 1.56 bits per heavy atom. The van der Waals surface area contributed by atoms with Gasteiger partial charge < -0.3 is 14.6 Å². The van der Waals surface area contributed by atoms with Gasteiger partial charge in [0.15, 0.2) is 0 Å². The summed E-state index contributed by atoms with van der Waals surface area (Å²) in [7, 11) is 0. The molecular weight excluding hydrogens is 234 g/mol. The molecule has 98 valence electrons. The largest absolute Gasteiger partial charge is 0.501 e. The molecule has 0 saturated heterocycles. The maximum atomic E-state index is 10.9. The van der Waals surface area contributed by atoms with Crippen molar-refractivity contribution in [3.05, 3.63) is 30.2 Å². The van der Waals surface area contributed by atoms with Crippen LogP contribution in [0.4, 0.5) is 0 Å². The first-order valence-corrected chi connectivity index (χ1v) is 5.62. The molecule has 0 aliphatic heterocycles. The molecule has 0 bridgehead atoms. The molecule has 1 aromatic heterocycles. The van der Waals surface area contributed by atoms with E-state index in [1.165, 1.54) is 13.8 Å². The molecule has 1 rings (SSSR count). The molecule has 1 heterocycles. The second-order valence-corrected chi connectivity index (χ2v) is 4.10. The van der Waals surface area contributed by atoms with Crippen LogP contribution in [0.15, 0.2) is 24.6 Å². The smallest absolute Gasteiger partial charge is 0.347 e. The van der Waals surface area contributed by atoms with E-state index in [1.807, 2.05) is 6.92 Å². The van der Waals surface area contributed by atoms with Crippen molar-refractivity contribution in [1.29, 1.82) is 0 Å². The summed E-state index contributed by atoms with van der Waals surface area (Å²) < 4.78 is 10.4. The summed E-state index contributed by atoms with van der Waals surface area (Å²) in [5, 5.41) is 8.96. The fourth-order valence-corrected chi connectivity index (χ4v) is 1.11. The Morgan fingerprint density at radius 2 is 2.28 bits per heavy atom. The summed E-state index contributed by atoms with van der Waals surface area (Å²) in [4.78, 5) is 14.9. The molecule has 0 fully saturated rings. The molecule has 0 atom stereocenters. The number of hydrogen-bond donors (Lipinski definition) is 1. The molecule has 1 aromatic rings. The van der Waals surface area contributed by atoms with Crippen molar-refractivity contribution >= 4 is 12.0 Å². The zero-order chi connectivity index (χ0) is 13.6. The van der Waals surface area contributed by atoms with E-state index in [4.69, 9.17) is 14.6 Å². The number of carboxylic acids is 1. The van der Waals surface area contributed by atoms with Crippen molar-refractivity contribution in [3.63, 3.8) is 0 Å².